The number of alkyl halides is 1. The highest BCUT2D eigenvalue weighted by molar-refractivity contribution is 5.60. The highest BCUT2D eigenvalue weighted by Gasteiger charge is 2.22. The zero-order chi connectivity index (χ0) is 9.26. The van der Waals surface area contributed by atoms with E-state index >= 15 is 0 Å². The van der Waals surface area contributed by atoms with Gasteiger partial charge in [-0.3, -0.25) is 4.39 Å². The number of ether oxygens (including phenoxy) is 1. The Morgan fingerprint density at radius 3 is 3.15 bits per heavy atom. The van der Waals surface area contributed by atoms with Gasteiger partial charge in [-0.25, -0.2) is 0 Å². The lowest BCUT2D eigenvalue weighted by atomic mass is 10.0. The van der Waals surface area contributed by atoms with Gasteiger partial charge in [-0.2, -0.15) is 0 Å². The molecule has 0 fully saturated rings. The molecule has 70 valence electrons. The molecule has 0 aliphatic carbocycles. The van der Waals surface area contributed by atoms with Crippen LogP contribution in [-0.4, -0.2) is 20.3 Å². The summed E-state index contributed by atoms with van der Waals surface area (Å²) >= 11 is 0. The second-order valence-corrected chi connectivity index (χ2v) is 3.19. The number of nitrogens with one attached hydrogen (secondary N) is 1. The average molecular weight is 181 g/mol. The molecule has 13 heavy (non-hydrogen) atoms. The van der Waals surface area contributed by atoms with Gasteiger partial charge in [-0.05, 0) is 23.8 Å². The van der Waals surface area contributed by atoms with E-state index in [0.29, 0.717) is 6.54 Å². The molecule has 1 aromatic rings. The smallest absolute Gasteiger partial charge is 0.119 e. The topological polar surface area (TPSA) is 21.3 Å². The van der Waals surface area contributed by atoms with Crippen molar-refractivity contribution in [2.45, 2.75) is 5.92 Å². The minimum absolute atomic E-state index is 0.00917. The van der Waals surface area contributed by atoms with Crippen molar-refractivity contribution in [2.75, 3.05) is 25.6 Å². The van der Waals surface area contributed by atoms with Gasteiger partial charge in [0.25, 0.3) is 0 Å². The molecule has 1 atom stereocenters. The van der Waals surface area contributed by atoms with E-state index in [1.54, 1.807) is 7.11 Å². The number of hydrogen-bond donors (Lipinski definition) is 1. The molecule has 2 rings (SSSR count). The van der Waals surface area contributed by atoms with Gasteiger partial charge in [0.15, 0.2) is 0 Å². The first-order chi connectivity index (χ1) is 6.35. The molecule has 0 bridgehead atoms. The molecule has 1 aliphatic heterocycles. The first kappa shape index (κ1) is 8.35. The molecule has 1 aliphatic rings. The van der Waals surface area contributed by atoms with Gasteiger partial charge in [0.2, 0.25) is 0 Å². The van der Waals surface area contributed by atoms with E-state index < -0.39 is 0 Å². The molecule has 1 N–H and O–H groups in total. The molecule has 0 aromatic heterocycles. The second kappa shape index (κ2) is 3.24. The normalized spacial score (nSPS) is 19.4. The van der Waals surface area contributed by atoms with Crippen LogP contribution in [-0.2, 0) is 0 Å². The molecule has 0 radical (unpaired) electrons. The van der Waals surface area contributed by atoms with Crippen LogP contribution in [0.15, 0.2) is 18.2 Å². The van der Waals surface area contributed by atoms with Crippen LogP contribution in [0.25, 0.3) is 0 Å². The fourth-order valence-electron chi connectivity index (χ4n) is 1.65. The van der Waals surface area contributed by atoms with Crippen LogP contribution >= 0.6 is 0 Å². The number of rotatable bonds is 2. The van der Waals surface area contributed by atoms with E-state index in [1.807, 2.05) is 18.2 Å². The van der Waals surface area contributed by atoms with Crippen molar-refractivity contribution < 1.29 is 9.13 Å². The van der Waals surface area contributed by atoms with Gasteiger partial charge in [-0.15, -0.1) is 0 Å². The second-order valence-electron chi connectivity index (χ2n) is 3.19. The summed E-state index contributed by atoms with van der Waals surface area (Å²) in [5.41, 5.74) is 2.06. The molecular formula is C10H12FNO. The molecule has 2 nitrogen and oxygen atoms in total. The van der Waals surface area contributed by atoms with Crippen molar-refractivity contribution in [3.05, 3.63) is 23.8 Å². The predicted octanol–water partition coefficient (Wildman–Crippen LogP) is 2.17. The Morgan fingerprint density at radius 1 is 1.62 bits per heavy atom. The molecule has 0 amide bonds. The lowest BCUT2D eigenvalue weighted by Crippen LogP contribution is -2.03. The Labute approximate surface area is 76.7 Å². The SMILES string of the molecule is COc1ccc2c(c1)C(CF)CN2. The van der Waals surface area contributed by atoms with Crippen molar-refractivity contribution >= 4 is 5.69 Å². The van der Waals surface area contributed by atoms with Crippen LogP contribution < -0.4 is 10.1 Å². The summed E-state index contributed by atoms with van der Waals surface area (Å²) in [5.74, 6) is 0.783. The lowest BCUT2D eigenvalue weighted by Gasteiger charge is -2.06. The van der Waals surface area contributed by atoms with Crippen LogP contribution in [0.1, 0.15) is 11.5 Å². The zero-order valence-electron chi connectivity index (χ0n) is 7.51. The van der Waals surface area contributed by atoms with Gasteiger partial charge in [0.1, 0.15) is 5.75 Å². The van der Waals surface area contributed by atoms with Crippen molar-refractivity contribution in [3.63, 3.8) is 0 Å². The summed E-state index contributed by atoms with van der Waals surface area (Å²) in [7, 11) is 1.62. The van der Waals surface area contributed by atoms with Gasteiger partial charge in [0.05, 0.1) is 13.8 Å². The third kappa shape index (κ3) is 1.34. The summed E-state index contributed by atoms with van der Waals surface area (Å²) in [6.45, 7) is 0.381. The Kier molecular flexibility index (Phi) is 2.08. The molecular weight excluding hydrogens is 169 g/mol. The fourth-order valence-corrected chi connectivity index (χ4v) is 1.65. The van der Waals surface area contributed by atoms with Gasteiger partial charge >= 0.3 is 0 Å². The van der Waals surface area contributed by atoms with Gasteiger partial charge in [0, 0.05) is 18.2 Å². The highest BCUT2D eigenvalue weighted by Crippen LogP contribution is 2.34. The molecule has 0 spiro atoms. The first-order valence-corrected chi connectivity index (χ1v) is 4.33. The number of anilines is 1. The Bertz CT molecular complexity index is 314. The molecule has 1 unspecified atom stereocenters. The van der Waals surface area contributed by atoms with Crippen molar-refractivity contribution in [1.82, 2.24) is 0 Å². The molecule has 1 aromatic carbocycles. The highest BCUT2D eigenvalue weighted by atomic mass is 19.1. The van der Waals surface area contributed by atoms with E-state index in [-0.39, 0.29) is 12.6 Å². The van der Waals surface area contributed by atoms with E-state index in [9.17, 15) is 4.39 Å². The predicted molar refractivity (Wildman–Crippen MR) is 50.2 cm³/mol. The van der Waals surface area contributed by atoms with E-state index in [1.165, 1.54) is 0 Å². The lowest BCUT2D eigenvalue weighted by molar-refractivity contribution is 0.412. The summed E-state index contributed by atoms with van der Waals surface area (Å²) < 4.78 is 17.6. The molecule has 3 heteroatoms. The minimum atomic E-state index is -0.312. The fraction of sp³-hybridized carbons (Fsp3) is 0.400. The van der Waals surface area contributed by atoms with E-state index in [2.05, 4.69) is 5.32 Å². The average Bonchev–Trinajstić information content (AvgIpc) is 2.59. The largest absolute Gasteiger partial charge is 0.497 e. The standard InChI is InChI=1S/C10H12FNO/c1-13-8-2-3-10-9(4-8)7(5-11)6-12-10/h2-4,7,12H,5-6H2,1H3. The third-order valence-electron chi connectivity index (χ3n) is 2.42. The summed E-state index contributed by atoms with van der Waals surface area (Å²) in [5, 5.41) is 3.16. The quantitative estimate of drug-likeness (QED) is 0.755. The van der Waals surface area contributed by atoms with Crippen LogP contribution in [0.4, 0.5) is 10.1 Å². The Hall–Kier alpha value is -1.25. The number of hydrogen-bond acceptors (Lipinski definition) is 2. The monoisotopic (exact) mass is 181 g/mol. The summed E-state index contributed by atoms with van der Waals surface area (Å²) in [6, 6.07) is 5.72. The van der Waals surface area contributed by atoms with E-state index in [4.69, 9.17) is 4.74 Å². The Balaban J connectivity index is 2.37. The maximum atomic E-state index is 12.5. The molecule has 0 saturated carbocycles. The number of benzene rings is 1. The van der Waals surface area contributed by atoms with E-state index in [0.717, 1.165) is 17.0 Å². The van der Waals surface area contributed by atoms with Crippen LogP contribution in [0, 0.1) is 0 Å². The number of fused-ring (bicyclic) bond motifs is 1. The number of methoxy groups -OCH3 is 1. The zero-order valence-corrected chi connectivity index (χ0v) is 7.51. The van der Waals surface area contributed by atoms with Crippen molar-refractivity contribution in [1.29, 1.82) is 0 Å². The third-order valence-corrected chi connectivity index (χ3v) is 2.42. The molecule has 0 saturated heterocycles. The maximum Gasteiger partial charge on any atom is 0.119 e. The Morgan fingerprint density at radius 2 is 2.46 bits per heavy atom. The van der Waals surface area contributed by atoms with Crippen LogP contribution in [0.5, 0.6) is 5.75 Å². The maximum absolute atomic E-state index is 12.5. The first-order valence-electron chi connectivity index (χ1n) is 4.33. The number of halogens is 1. The van der Waals surface area contributed by atoms with Gasteiger partial charge < -0.3 is 10.1 Å². The minimum Gasteiger partial charge on any atom is -0.497 e. The summed E-state index contributed by atoms with van der Waals surface area (Å²) in [6.07, 6.45) is 0. The molecule has 1 heterocycles. The van der Waals surface area contributed by atoms with Gasteiger partial charge in [-0.1, -0.05) is 0 Å². The van der Waals surface area contributed by atoms with Crippen molar-refractivity contribution in [2.24, 2.45) is 0 Å². The van der Waals surface area contributed by atoms with Crippen molar-refractivity contribution in [3.8, 4) is 5.75 Å². The summed E-state index contributed by atoms with van der Waals surface area (Å²) in [4.78, 5) is 0. The van der Waals surface area contributed by atoms with Crippen LogP contribution in [0.2, 0.25) is 0 Å². The van der Waals surface area contributed by atoms with Crippen LogP contribution in [0.3, 0.4) is 0 Å².